The van der Waals surface area contributed by atoms with E-state index in [0.29, 0.717) is 16.8 Å². The average molecular weight is 487 g/mol. The van der Waals surface area contributed by atoms with Gasteiger partial charge < -0.3 is 4.57 Å². The van der Waals surface area contributed by atoms with Crippen LogP contribution in [-0.2, 0) is 7.05 Å². The molecular weight excluding hydrogens is 468 g/mol. The molecule has 0 spiro atoms. The van der Waals surface area contributed by atoms with E-state index in [-0.39, 0.29) is 17.1 Å². The molecule has 1 aliphatic carbocycles. The van der Waals surface area contributed by atoms with Gasteiger partial charge in [0.05, 0.1) is 16.8 Å². The predicted octanol–water partition coefficient (Wildman–Crippen LogP) is 6.10. The largest absolute Gasteiger partial charge is 0.326 e. The first-order chi connectivity index (χ1) is 17.6. The Balaban J connectivity index is 1.42. The number of carbonyl (C=O) groups excluding carboxylic acids is 2. The third kappa shape index (κ3) is 2.96. The highest BCUT2D eigenvalue weighted by Crippen LogP contribution is 2.34. The van der Waals surface area contributed by atoms with Crippen molar-refractivity contribution in [2.24, 2.45) is 7.05 Å². The Hall–Kier alpha value is -4.62. The Bertz CT molecular complexity index is 1820. The summed E-state index contributed by atoms with van der Waals surface area (Å²) in [5, 5.41) is 4.49. The maximum atomic E-state index is 13.4. The molecule has 1 aliphatic rings. The molecule has 0 aliphatic heterocycles. The number of imidazole rings is 1. The monoisotopic (exact) mass is 486 g/mol. The van der Waals surface area contributed by atoms with E-state index in [1.54, 1.807) is 12.3 Å². The van der Waals surface area contributed by atoms with E-state index in [9.17, 15) is 9.59 Å². The summed E-state index contributed by atoms with van der Waals surface area (Å²) < 4.78 is 3.94. The maximum absolute atomic E-state index is 13.4. The number of Topliss-reactive ketones (excluding diaryl/α,β-unsaturated/α-hetero) is 2. The lowest BCUT2D eigenvalue weighted by molar-refractivity contribution is 0.0990. The van der Waals surface area contributed by atoms with Crippen molar-refractivity contribution < 1.29 is 9.59 Å². The highest BCUT2D eigenvalue weighted by atomic mass is 32.1. The van der Waals surface area contributed by atoms with Gasteiger partial charge in [-0.1, -0.05) is 54.6 Å². The van der Waals surface area contributed by atoms with Crippen LogP contribution >= 0.6 is 11.3 Å². The van der Waals surface area contributed by atoms with Crippen molar-refractivity contribution in [1.82, 2.24) is 19.1 Å². The van der Waals surface area contributed by atoms with E-state index in [4.69, 9.17) is 4.98 Å². The Morgan fingerprint density at radius 2 is 1.53 bits per heavy atom. The van der Waals surface area contributed by atoms with Gasteiger partial charge in [0.15, 0.2) is 22.3 Å². The molecule has 7 heteroatoms. The lowest BCUT2D eigenvalue weighted by Gasteiger charge is -2.04. The quantitative estimate of drug-likeness (QED) is 0.224. The average Bonchev–Trinajstić information content (AvgIpc) is 3.66. The number of hydrogen-bond acceptors (Lipinski definition) is 5. The van der Waals surface area contributed by atoms with Crippen molar-refractivity contribution in [3.05, 3.63) is 107 Å². The molecule has 7 rings (SSSR count). The van der Waals surface area contributed by atoms with Crippen LogP contribution in [0.1, 0.15) is 26.4 Å². The molecule has 0 atom stereocenters. The fourth-order valence-electron chi connectivity index (χ4n) is 4.92. The number of thiazole rings is 1. The van der Waals surface area contributed by atoms with Gasteiger partial charge in [0.25, 0.3) is 0 Å². The minimum Gasteiger partial charge on any atom is -0.326 e. The van der Waals surface area contributed by atoms with Crippen LogP contribution < -0.4 is 0 Å². The van der Waals surface area contributed by atoms with Crippen LogP contribution in [0.15, 0.2) is 89.9 Å². The van der Waals surface area contributed by atoms with Crippen LogP contribution in [0, 0.1) is 0 Å². The van der Waals surface area contributed by atoms with Gasteiger partial charge in [0.1, 0.15) is 5.82 Å². The molecule has 172 valence electrons. The number of rotatable bonds is 3. The van der Waals surface area contributed by atoms with Crippen molar-refractivity contribution in [3.63, 3.8) is 0 Å². The number of aryl methyl sites for hydroxylation is 1. The molecule has 0 fully saturated rings. The fourth-order valence-corrected chi connectivity index (χ4v) is 5.58. The molecule has 0 saturated heterocycles. The third-order valence-electron chi connectivity index (χ3n) is 6.67. The molecule has 3 heterocycles. The molecule has 3 aromatic heterocycles. The van der Waals surface area contributed by atoms with Crippen LogP contribution in [0.25, 0.3) is 44.5 Å². The highest BCUT2D eigenvalue weighted by molar-refractivity contribution is 7.12. The summed E-state index contributed by atoms with van der Waals surface area (Å²) >= 11 is 1.47. The summed E-state index contributed by atoms with van der Waals surface area (Å²) in [7, 11) is 1.97. The van der Waals surface area contributed by atoms with Crippen molar-refractivity contribution >= 4 is 50.9 Å². The minimum absolute atomic E-state index is 0.157. The zero-order valence-electron chi connectivity index (χ0n) is 19.2. The molecule has 0 bridgehead atoms. The van der Waals surface area contributed by atoms with Crippen LogP contribution in [0.3, 0.4) is 0 Å². The Kier molecular flexibility index (Phi) is 4.43. The van der Waals surface area contributed by atoms with Gasteiger partial charge in [-0.15, -0.1) is 11.3 Å². The summed E-state index contributed by atoms with van der Waals surface area (Å²) in [4.78, 5) is 36.2. The van der Waals surface area contributed by atoms with E-state index in [0.717, 1.165) is 38.5 Å². The molecule has 0 amide bonds. The van der Waals surface area contributed by atoms with Gasteiger partial charge in [-0.3, -0.25) is 14.2 Å². The Morgan fingerprint density at radius 1 is 0.861 bits per heavy atom. The van der Waals surface area contributed by atoms with Crippen molar-refractivity contribution in [2.45, 2.75) is 0 Å². The summed E-state index contributed by atoms with van der Waals surface area (Å²) in [6.45, 7) is 0. The smallest absolute Gasteiger partial charge is 0.197 e. The molecule has 6 nitrogen and oxygen atoms in total. The van der Waals surface area contributed by atoms with E-state index < -0.39 is 0 Å². The number of fused-ring (bicyclic) bond motifs is 3. The lowest BCUT2D eigenvalue weighted by Crippen LogP contribution is -2.03. The minimum atomic E-state index is -0.255. The number of hydrogen-bond donors (Lipinski definition) is 0. The maximum Gasteiger partial charge on any atom is 0.197 e. The second-order valence-corrected chi connectivity index (χ2v) is 9.62. The van der Waals surface area contributed by atoms with Crippen LogP contribution in [0.4, 0.5) is 0 Å². The summed E-state index contributed by atoms with van der Waals surface area (Å²) in [6, 6.07) is 23.3. The van der Waals surface area contributed by atoms with Gasteiger partial charge >= 0.3 is 0 Å². The van der Waals surface area contributed by atoms with Gasteiger partial charge in [0, 0.05) is 35.3 Å². The van der Waals surface area contributed by atoms with Gasteiger partial charge in [0.2, 0.25) is 0 Å². The van der Waals surface area contributed by atoms with Crippen molar-refractivity contribution in [3.8, 4) is 16.5 Å². The van der Waals surface area contributed by atoms with Gasteiger partial charge in [-0.25, -0.2) is 9.97 Å². The van der Waals surface area contributed by atoms with E-state index in [2.05, 4.69) is 4.98 Å². The second kappa shape index (κ2) is 7.69. The molecule has 6 aromatic rings. The predicted molar refractivity (Wildman–Crippen MR) is 142 cm³/mol. The number of benzene rings is 3. The number of nitrogens with zero attached hydrogens (tertiary/aromatic N) is 4. The Morgan fingerprint density at radius 3 is 2.17 bits per heavy atom. The topological polar surface area (TPSA) is 69.8 Å². The molecule has 0 unspecified atom stereocenters. The van der Waals surface area contributed by atoms with E-state index in [1.165, 1.54) is 11.3 Å². The normalized spacial score (nSPS) is 13.2. The highest BCUT2D eigenvalue weighted by Gasteiger charge is 2.34. The molecule has 0 radical (unpaired) electrons. The SMILES string of the molecule is Cn1c(-c2ccccc2)nc2c1cc(C=C1C(=O)c3cc4ccccc4cc3C1=O)n2-c1nccs1. The zero-order chi connectivity index (χ0) is 24.4. The molecule has 36 heavy (non-hydrogen) atoms. The molecular formula is C29H18N4O2S. The lowest BCUT2D eigenvalue weighted by atomic mass is 10.0. The Labute approximate surface area is 209 Å². The fraction of sp³-hybridized carbons (Fsp3) is 0.0345. The zero-order valence-corrected chi connectivity index (χ0v) is 20.0. The van der Waals surface area contributed by atoms with Crippen LogP contribution in [-0.4, -0.2) is 30.7 Å². The van der Waals surface area contributed by atoms with Gasteiger partial charge in [-0.05, 0) is 35.0 Å². The first kappa shape index (κ1) is 20.7. The summed E-state index contributed by atoms with van der Waals surface area (Å²) in [5.74, 6) is 0.321. The second-order valence-electron chi connectivity index (χ2n) is 8.75. The number of ketones is 2. The number of allylic oxidation sites excluding steroid dienone is 1. The van der Waals surface area contributed by atoms with Gasteiger partial charge in [-0.2, -0.15) is 0 Å². The van der Waals surface area contributed by atoms with E-state index in [1.807, 2.05) is 94.4 Å². The van der Waals surface area contributed by atoms with Crippen LogP contribution in [0.5, 0.6) is 0 Å². The van der Waals surface area contributed by atoms with Crippen molar-refractivity contribution in [1.29, 1.82) is 0 Å². The summed E-state index contributed by atoms with van der Waals surface area (Å²) in [6.07, 6.45) is 3.41. The number of carbonyl (C=O) groups is 2. The molecule has 0 N–H and O–H groups in total. The number of aromatic nitrogens is 4. The van der Waals surface area contributed by atoms with E-state index >= 15 is 0 Å². The van der Waals surface area contributed by atoms with Crippen LogP contribution in [0.2, 0.25) is 0 Å². The molecule has 0 saturated carbocycles. The first-order valence-corrected chi connectivity index (χ1v) is 12.4. The van der Waals surface area contributed by atoms with Crippen molar-refractivity contribution in [2.75, 3.05) is 0 Å². The molecule has 3 aromatic carbocycles. The standard InChI is InChI=1S/C29H18N4O2S/c1-32-24-16-20(15-23-25(34)21-13-18-9-5-6-10-19(18)14-22(21)26(23)35)33(29-30-11-12-36-29)28(24)31-27(32)17-7-3-2-4-8-17/h2-16H,1H3. The first-order valence-electron chi connectivity index (χ1n) is 11.5. The summed E-state index contributed by atoms with van der Waals surface area (Å²) in [5.41, 5.74) is 4.36. The third-order valence-corrected chi connectivity index (χ3v) is 7.43.